The SMILES string of the molecule is CCn1ccnc1CNC(=O)NC(CCC(=O)O)Cc1ccccc1. The van der Waals surface area contributed by atoms with E-state index in [2.05, 4.69) is 15.6 Å². The van der Waals surface area contributed by atoms with Crippen LogP contribution in [0.4, 0.5) is 4.79 Å². The molecule has 0 bridgehead atoms. The van der Waals surface area contributed by atoms with Crippen LogP contribution in [0.3, 0.4) is 0 Å². The number of rotatable bonds is 9. The van der Waals surface area contributed by atoms with Crippen LogP contribution in [0.15, 0.2) is 42.7 Å². The number of carbonyl (C=O) groups excluding carboxylic acids is 1. The Labute approximate surface area is 147 Å². The first-order valence-electron chi connectivity index (χ1n) is 8.38. The molecule has 0 fully saturated rings. The third-order valence-electron chi connectivity index (χ3n) is 3.92. The van der Waals surface area contributed by atoms with Gasteiger partial charge >= 0.3 is 12.0 Å². The largest absolute Gasteiger partial charge is 0.481 e. The third kappa shape index (κ3) is 6.29. The Bertz CT molecular complexity index is 685. The highest BCUT2D eigenvalue weighted by Gasteiger charge is 2.15. The molecule has 1 aromatic carbocycles. The molecule has 3 N–H and O–H groups in total. The minimum atomic E-state index is -0.870. The summed E-state index contributed by atoms with van der Waals surface area (Å²) >= 11 is 0. The first-order chi connectivity index (χ1) is 12.1. The number of aromatic nitrogens is 2. The van der Waals surface area contributed by atoms with E-state index >= 15 is 0 Å². The van der Waals surface area contributed by atoms with E-state index in [4.69, 9.17) is 5.11 Å². The van der Waals surface area contributed by atoms with E-state index in [1.807, 2.05) is 48.0 Å². The van der Waals surface area contributed by atoms with Gasteiger partial charge in [0.2, 0.25) is 0 Å². The number of aryl methyl sites for hydroxylation is 1. The van der Waals surface area contributed by atoms with Crippen LogP contribution < -0.4 is 10.6 Å². The summed E-state index contributed by atoms with van der Waals surface area (Å²) in [5.41, 5.74) is 1.06. The zero-order chi connectivity index (χ0) is 18.1. The van der Waals surface area contributed by atoms with Crippen LogP contribution in [0.2, 0.25) is 0 Å². The van der Waals surface area contributed by atoms with Crippen LogP contribution in [0.25, 0.3) is 0 Å². The fraction of sp³-hybridized carbons (Fsp3) is 0.389. The van der Waals surface area contributed by atoms with Crippen LogP contribution in [0.1, 0.15) is 31.2 Å². The Kier molecular flexibility index (Phi) is 7.00. The van der Waals surface area contributed by atoms with Gasteiger partial charge in [-0.1, -0.05) is 30.3 Å². The van der Waals surface area contributed by atoms with Crippen LogP contribution in [0.5, 0.6) is 0 Å². The molecule has 0 aliphatic heterocycles. The standard InChI is InChI=1S/C18H24N4O3/c1-2-22-11-10-19-16(22)13-20-18(25)21-15(8-9-17(23)24)12-14-6-4-3-5-7-14/h3-7,10-11,15H,2,8-9,12-13H2,1H3,(H,23,24)(H2,20,21,25). The fourth-order valence-electron chi connectivity index (χ4n) is 2.61. The Morgan fingerprint density at radius 1 is 1.28 bits per heavy atom. The second-order valence-corrected chi connectivity index (χ2v) is 5.78. The quantitative estimate of drug-likeness (QED) is 0.649. The molecule has 0 aliphatic rings. The van der Waals surface area contributed by atoms with Gasteiger partial charge in [0.05, 0.1) is 6.54 Å². The lowest BCUT2D eigenvalue weighted by Gasteiger charge is -2.19. The topological polar surface area (TPSA) is 96.3 Å². The van der Waals surface area contributed by atoms with Gasteiger partial charge in [-0.3, -0.25) is 4.79 Å². The number of imidazole rings is 1. The number of nitrogens with zero attached hydrogens (tertiary/aromatic N) is 2. The monoisotopic (exact) mass is 344 g/mol. The van der Waals surface area contributed by atoms with Crippen LogP contribution in [-0.2, 0) is 24.3 Å². The van der Waals surface area contributed by atoms with Gasteiger partial charge in [0.1, 0.15) is 5.82 Å². The molecule has 1 atom stereocenters. The van der Waals surface area contributed by atoms with E-state index in [0.717, 1.165) is 17.9 Å². The number of carbonyl (C=O) groups is 2. The molecule has 7 heteroatoms. The highest BCUT2D eigenvalue weighted by Crippen LogP contribution is 2.08. The maximum Gasteiger partial charge on any atom is 0.315 e. The average molecular weight is 344 g/mol. The van der Waals surface area contributed by atoms with Crippen molar-refractivity contribution in [1.29, 1.82) is 0 Å². The van der Waals surface area contributed by atoms with Crippen molar-refractivity contribution in [2.45, 2.75) is 45.3 Å². The van der Waals surface area contributed by atoms with Crippen molar-refractivity contribution in [2.75, 3.05) is 0 Å². The Morgan fingerprint density at radius 2 is 2.04 bits per heavy atom. The van der Waals surface area contributed by atoms with Crippen molar-refractivity contribution < 1.29 is 14.7 Å². The predicted octanol–water partition coefficient (Wildman–Crippen LogP) is 2.18. The summed E-state index contributed by atoms with van der Waals surface area (Å²) in [5, 5.41) is 14.6. The molecule has 134 valence electrons. The maximum atomic E-state index is 12.2. The van der Waals surface area contributed by atoms with E-state index in [1.54, 1.807) is 6.20 Å². The van der Waals surface area contributed by atoms with Gasteiger partial charge in [-0.15, -0.1) is 0 Å². The normalized spacial score (nSPS) is 11.7. The van der Waals surface area contributed by atoms with Crippen LogP contribution >= 0.6 is 0 Å². The number of hydrogen-bond acceptors (Lipinski definition) is 3. The molecule has 7 nitrogen and oxygen atoms in total. The smallest absolute Gasteiger partial charge is 0.315 e. The van der Waals surface area contributed by atoms with E-state index < -0.39 is 5.97 Å². The number of aliphatic carboxylic acids is 1. The molecular weight excluding hydrogens is 320 g/mol. The highest BCUT2D eigenvalue weighted by molar-refractivity contribution is 5.74. The van der Waals surface area contributed by atoms with Crippen molar-refractivity contribution >= 4 is 12.0 Å². The number of carboxylic acid groups (broad SMARTS) is 1. The van der Waals surface area contributed by atoms with Gasteiger partial charge in [0, 0.05) is 31.4 Å². The summed E-state index contributed by atoms with van der Waals surface area (Å²) in [6.45, 7) is 3.12. The van der Waals surface area contributed by atoms with E-state index in [9.17, 15) is 9.59 Å². The first kappa shape index (κ1) is 18.5. The lowest BCUT2D eigenvalue weighted by Crippen LogP contribution is -2.43. The summed E-state index contributed by atoms with van der Waals surface area (Å²) in [5.74, 6) is -0.0898. The molecule has 0 radical (unpaired) electrons. The maximum absolute atomic E-state index is 12.2. The number of urea groups is 1. The predicted molar refractivity (Wildman–Crippen MR) is 94.1 cm³/mol. The molecule has 2 aromatic rings. The number of hydrogen-bond donors (Lipinski definition) is 3. The first-order valence-corrected chi connectivity index (χ1v) is 8.38. The molecule has 0 saturated heterocycles. The lowest BCUT2D eigenvalue weighted by atomic mass is 10.0. The second kappa shape index (κ2) is 9.46. The minimum Gasteiger partial charge on any atom is -0.481 e. The van der Waals surface area contributed by atoms with Crippen molar-refractivity contribution in [3.63, 3.8) is 0 Å². The van der Waals surface area contributed by atoms with Crippen LogP contribution in [-0.4, -0.2) is 32.7 Å². The summed E-state index contributed by atoms with van der Waals surface area (Å²) in [4.78, 5) is 27.2. The number of nitrogens with one attached hydrogen (secondary N) is 2. The fourth-order valence-corrected chi connectivity index (χ4v) is 2.61. The second-order valence-electron chi connectivity index (χ2n) is 5.78. The molecule has 0 saturated carbocycles. The number of benzene rings is 1. The highest BCUT2D eigenvalue weighted by atomic mass is 16.4. The van der Waals surface area contributed by atoms with E-state index in [-0.39, 0.29) is 18.5 Å². The van der Waals surface area contributed by atoms with Gasteiger partial charge in [0.25, 0.3) is 0 Å². The molecule has 2 amide bonds. The lowest BCUT2D eigenvalue weighted by molar-refractivity contribution is -0.137. The molecule has 1 aromatic heterocycles. The van der Waals surface area contributed by atoms with Gasteiger partial charge in [-0.05, 0) is 25.3 Å². The molecule has 0 aliphatic carbocycles. The number of carboxylic acids is 1. The summed E-state index contributed by atoms with van der Waals surface area (Å²) in [6.07, 6.45) is 4.54. The van der Waals surface area contributed by atoms with E-state index in [1.165, 1.54) is 0 Å². The van der Waals surface area contributed by atoms with Gasteiger partial charge < -0.3 is 20.3 Å². The Balaban J connectivity index is 1.90. The number of amides is 2. The van der Waals surface area contributed by atoms with Gasteiger partial charge in [-0.2, -0.15) is 0 Å². The summed E-state index contributed by atoms with van der Waals surface area (Å²) < 4.78 is 1.95. The molecule has 2 rings (SSSR count). The molecule has 25 heavy (non-hydrogen) atoms. The zero-order valence-electron chi connectivity index (χ0n) is 14.3. The van der Waals surface area contributed by atoms with E-state index in [0.29, 0.717) is 19.4 Å². The van der Waals surface area contributed by atoms with Crippen LogP contribution in [0, 0.1) is 0 Å². The third-order valence-corrected chi connectivity index (χ3v) is 3.92. The summed E-state index contributed by atoms with van der Waals surface area (Å²) in [7, 11) is 0. The molecular formula is C18H24N4O3. The molecule has 1 unspecified atom stereocenters. The Morgan fingerprint density at radius 3 is 2.72 bits per heavy atom. The van der Waals surface area contributed by atoms with Crippen molar-refractivity contribution in [3.8, 4) is 0 Å². The van der Waals surface area contributed by atoms with Crippen molar-refractivity contribution in [2.24, 2.45) is 0 Å². The average Bonchev–Trinajstić information content (AvgIpc) is 3.06. The Hall–Kier alpha value is -2.83. The zero-order valence-corrected chi connectivity index (χ0v) is 14.3. The van der Waals surface area contributed by atoms with Crippen molar-refractivity contribution in [3.05, 3.63) is 54.1 Å². The molecule has 1 heterocycles. The van der Waals surface area contributed by atoms with Crippen molar-refractivity contribution in [1.82, 2.24) is 20.2 Å². The van der Waals surface area contributed by atoms with Gasteiger partial charge in [0.15, 0.2) is 0 Å². The molecule has 0 spiro atoms. The minimum absolute atomic E-state index is 0.0119. The summed E-state index contributed by atoms with van der Waals surface area (Å²) in [6, 6.07) is 9.13. The van der Waals surface area contributed by atoms with Gasteiger partial charge in [-0.25, -0.2) is 9.78 Å².